The van der Waals surface area contributed by atoms with Gasteiger partial charge in [0.1, 0.15) is 0 Å². The van der Waals surface area contributed by atoms with E-state index in [1.165, 1.54) is 16.5 Å². The third-order valence-electron chi connectivity index (χ3n) is 5.00. The highest BCUT2D eigenvalue weighted by Crippen LogP contribution is 2.24. The van der Waals surface area contributed by atoms with Crippen molar-refractivity contribution in [2.75, 3.05) is 13.2 Å². The van der Waals surface area contributed by atoms with Crippen LogP contribution < -0.4 is 0 Å². The SMILES string of the molecule is Cn1cc(CCC(=O)N2CCCCC2CCO)c2ccccc21. The molecular formula is C19H26N2O2. The van der Waals surface area contributed by atoms with Crippen LogP contribution in [0.15, 0.2) is 30.5 Å². The number of aryl methyl sites for hydroxylation is 2. The third kappa shape index (κ3) is 3.42. The van der Waals surface area contributed by atoms with E-state index >= 15 is 0 Å². The lowest BCUT2D eigenvalue weighted by Crippen LogP contribution is -2.44. The average Bonchev–Trinajstić information content (AvgIpc) is 2.90. The summed E-state index contributed by atoms with van der Waals surface area (Å²) in [5, 5.41) is 10.5. The molecule has 4 nitrogen and oxygen atoms in total. The quantitative estimate of drug-likeness (QED) is 0.922. The Morgan fingerprint density at radius 3 is 2.96 bits per heavy atom. The summed E-state index contributed by atoms with van der Waals surface area (Å²) in [7, 11) is 2.05. The van der Waals surface area contributed by atoms with Crippen LogP contribution in [0.5, 0.6) is 0 Å². The summed E-state index contributed by atoms with van der Waals surface area (Å²) in [4.78, 5) is 14.6. The first-order chi connectivity index (χ1) is 11.2. The second-order valence-electron chi connectivity index (χ2n) is 6.53. The van der Waals surface area contributed by atoms with Crippen molar-refractivity contribution in [1.29, 1.82) is 0 Å². The number of fused-ring (bicyclic) bond motifs is 1. The van der Waals surface area contributed by atoms with Crippen LogP contribution >= 0.6 is 0 Å². The van der Waals surface area contributed by atoms with Crippen molar-refractivity contribution in [3.63, 3.8) is 0 Å². The molecule has 1 aliphatic heterocycles. The fraction of sp³-hybridized carbons (Fsp3) is 0.526. The van der Waals surface area contributed by atoms with Gasteiger partial charge in [0.15, 0.2) is 0 Å². The van der Waals surface area contributed by atoms with Gasteiger partial charge in [-0.25, -0.2) is 0 Å². The molecule has 1 fully saturated rings. The molecule has 23 heavy (non-hydrogen) atoms. The highest BCUT2D eigenvalue weighted by Gasteiger charge is 2.25. The van der Waals surface area contributed by atoms with Gasteiger partial charge in [-0.15, -0.1) is 0 Å². The summed E-state index contributed by atoms with van der Waals surface area (Å²) in [5.41, 5.74) is 2.46. The number of carbonyl (C=O) groups is 1. The van der Waals surface area contributed by atoms with Crippen LogP contribution in [0.25, 0.3) is 10.9 Å². The number of aromatic nitrogens is 1. The van der Waals surface area contributed by atoms with Gasteiger partial charge in [0.2, 0.25) is 5.91 Å². The van der Waals surface area contributed by atoms with Gasteiger partial charge in [0.05, 0.1) is 0 Å². The minimum absolute atomic E-state index is 0.164. The summed E-state index contributed by atoms with van der Waals surface area (Å²) < 4.78 is 2.13. The van der Waals surface area contributed by atoms with Gasteiger partial charge < -0.3 is 14.6 Å². The van der Waals surface area contributed by atoms with E-state index in [4.69, 9.17) is 0 Å². The van der Waals surface area contributed by atoms with E-state index in [0.29, 0.717) is 12.8 Å². The lowest BCUT2D eigenvalue weighted by Gasteiger charge is -2.35. The number of piperidine rings is 1. The molecule has 1 N–H and O–H groups in total. The minimum atomic E-state index is 0.164. The molecule has 1 aromatic heterocycles. The van der Waals surface area contributed by atoms with Crippen LogP contribution in [0.2, 0.25) is 0 Å². The van der Waals surface area contributed by atoms with Crippen molar-refractivity contribution < 1.29 is 9.90 Å². The Kier molecular flexibility index (Phi) is 5.01. The van der Waals surface area contributed by atoms with Crippen molar-refractivity contribution >= 4 is 16.8 Å². The van der Waals surface area contributed by atoms with Crippen molar-refractivity contribution in [2.45, 2.75) is 44.6 Å². The normalized spacial score (nSPS) is 18.5. The molecule has 0 spiro atoms. The number of hydrogen-bond acceptors (Lipinski definition) is 2. The lowest BCUT2D eigenvalue weighted by atomic mass is 9.98. The van der Waals surface area contributed by atoms with Crippen molar-refractivity contribution in [3.05, 3.63) is 36.0 Å². The fourth-order valence-corrected chi connectivity index (χ4v) is 3.79. The first-order valence-corrected chi connectivity index (χ1v) is 8.64. The van der Waals surface area contributed by atoms with E-state index in [0.717, 1.165) is 32.2 Å². The summed E-state index contributed by atoms with van der Waals surface area (Å²) in [5.74, 6) is 0.232. The minimum Gasteiger partial charge on any atom is -0.396 e. The monoisotopic (exact) mass is 314 g/mol. The third-order valence-corrected chi connectivity index (χ3v) is 5.00. The number of para-hydroxylation sites is 1. The second kappa shape index (κ2) is 7.18. The van der Waals surface area contributed by atoms with Gasteiger partial charge >= 0.3 is 0 Å². The van der Waals surface area contributed by atoms with Crippen molar-refractivity contribution in [3.8, 4) is 0 Å². The molecule has 1 saturated heterocycles. The number of aliphatic hydroxyl groups excluding tert-OH is 1. The maximum atomic E-state index is 12.6. The van der Waals surface area contributed by atoms with Crippen LogP contribution in [0.4, 0.5) is 0 Å². The molecule has 1 unspecified atom stereocenters. The summed E-state index contributed by atoms with van der Waals surface area (Å²) in [6.07, 6.45) is 7.46. The predicted octanol–water partition coefficient (Wildman–Crippen LogP) is 2.87. The topological polar surface area (TPSA) is 45.5 Å². The van der Waals surface area contributed by atoms with Gasteiger partial charge in [0, 0.05) is 49.8 Å². The largest absolute Gasteiger partial charge is 0.396 e. The van der Waals surface area contributed by atoms with E-state index in [2.05, 4.69) is 36.0 Å². The van der Waals surface area contributed by atoms with Gasteiger partial charge in [-0.1, -0.05) is 18.2 Å². The van der Waals surface area contributed by atoms with Crippen molar-refractivity contribution in [2.24, 2.45) is 7.05 Å². The molecule has 1 aliphatic rings. The van der Waals surface area contributed by atoms with E-state index in [1.54, 1.807) is 0 Å². The molecular weight excluding hydrogens is 288 g/mol. The molecule has 124 valence electrons. The number of rotatable bonds is 5. The molecule has 1 aromatic carbocycles. The lowest BCUT2D eigenvalue weighted by molar-refractivity contribution is -0.135. The number of carbonyl (C=O) groups excluding carboxylic acids is 1. The Bertz CT molecular complexity index is 675. The number of likely N-dealkylation sites (tertiary alicyclic amines) is 1. The molecule has 2 heterocycles. The van der Waals surface area contributed by atoms with Gasteiger partial charge in [-0.3, -0.25) is 4.79 Å². The molecule has 1 amide bonds. The van der Waals surface area contributed by atoms with E-state index in [-0.39, 0.29) is 18.6 Å². The zero-order valence-corrected chi connectivity index (χ0v) is 13.9. The highest BCUT2D eigenvalue weighted by atomic mass is 16.3. The Hall–Kier alpha value is -1.81. The number of benzene rings is 1. The van der Waals surface area contributed by atoms with Crippen molar-refractivity contribution in [1.82, 2.24) is 9.47 Å². The standard InChI is InChI=1S/C19H26N2O2/c1-20-14-15(17-7-2-3-8-18(17)20)9-10-19(23)21-12-5-4-6-16(21)11-13-22/h2-3,7-8,14,16,22H,4-6,9-13H2,1H3. The first kappa shape index (κ1) is 16.1. The van der Waals surface area contributed by atoms with Crippen LogP contribution in [0, 0.1) is 0 Å². The van der Waals surface area contributed by atoms with E-state index < -0.39 is 0 Å². The summed E-state index contributed by atoms with van der Waals surface area (Å²) >= 11 is 0. The average molecular weight is 314 g/mol. The maximum absolute atomic E-state index is 12.6. The highest BCUT2D eigenvalue weighted by molar-refractivity contribution is 5.85. The first-order valence-electron chi connectivity index (χ1n) is 8.64. The number of hydrogen-bond donors (Lipinski definition) is 1. The molecule has 0 saturated carbocycles. The van der Waals surface area contributed by atoms with Gasteiger partial charge in [-0.05, 0) is 43.7 Å². The van der Waals surface area contributed by atoms with Gasteiger partial charge in [-0.2, -0.15) is 0 Å². The Balaban J connectivity index is 1.68. The van der Waals surface area contributed by atoms with E-state index in [9.17, 15) is 9.90 Å². The Morgan fingerprint density at radius 2 is 2.13 bits per heavy atom. The van der Waals surface area contributed by atoms with Crippen LogP contribution in [-0.4, -0.2) is 39.7 Å². The summed E-state index contributed by atoms with van der Waals surface area (Å²) in [6.45, 7) is 1.01. The Morgan fingerprint density at radius 1 is 1.30 bits per heavy atom. The molecule has 0 aliphatic carbocycles. The zero-order valence-electron chi connectivity index (χ0n) is 13.9. The number of amides is 1. The van der Waals surface area contributed by atoms with E-state index in [1.807, 2.05) is 11.0 Å². The Labute approximate surface area is 137 Å². The van der Waals surface area contributed by atoms with Crippen LogP contribution in [-0.2, 0) is 18.3 Å². The van der Waals surface area contributed by atoms with Crippen LogP contribution in [0.3, 0.4) is 0 Å². The zero-order chi connectivity index (χ0) is 16.2. The molecule has 2 aromatic rings. The smallest absolute Gasteiger partial charge is 0.223 e. The molecule has 0 bridgehead atoms. The van der Waals surface area contributed by atoms with Crippen LogP contribution in [0.1, 0.15) is 37.7 Å². The maximum Gasteiger partial charge on any atom is 0.223 e. The number of nitrogens with zero attached hydrogens (tertiary/aromatic N) is 2. The molecule has 0 radical (unpaired) electrons. The molecule has 1 atom stereocenters. The summed E-state index contributed by atoms with van der Waals surface area (Å²) in [6, 6.07) is 8.57. The number of aliphatic hydroxyl groups is 1. The second-order valence-corrected chi connectivity index (χ2v) is 6.53. The molecule has 4 heteroatoms. The molecule has 3 rings (SSSR count). The fourth-order valence-electron chi connectivity index (χ4n) is 3.79. The predicted molar refractivity (Wildman–Crippen MR) is 92.3 cm³/mol. The van der Waals surface area contributed by atoms with Gasteiger partial charge in [0.25, 0.3) is 0 Å².